The quantitative estimate of drug-likeness (QED) is 0.757. The van der Waals surface area contributed by atoms with Crippen LogP contribution in [0.15, 0.2) is 44.8 Å². The second-order valence-corrected chi connectivity index (χ2v) is 5.29. The fraction of sp³-hybridized carbons (Fsp3) is 0.214. The van der Waals surface area contributed by atoms with E-state index in [1.165, 1.54) is 0 Å². The lowest BCUT2D eigenvalue weighted by Crippen LogP contribution is -2.22. The van der Waals surface area contributed by atoms with Gasteiger partial charge in [-0.1, -0.05) is 11.2 Å². The molecule has 0 aromatic carbocycles. The number of aryl methyl sites for hydroxylation is 1. The topological polar surface area (TPSA) is 81.2 Å². The minimum absolute atomic E-state index is 0.0812. The van der Waals surface area contributed by atoms with Crippen molar-refractivity contribution in [2.24, 2.45) is 0 Å². The molecular weight excluding hydrogens is 290 g/mol. The van der Waals surface area contributed by atoms with E-state index in [2.05, 4.69) is 15.5 Å². The predicted molar refractivity (Wildman–Crippen MR) is 76.5 cm³/mol. The van der Waals surface area contributed by atoms with Gasteiger partial charge in [-0.05, 0) is 23.6 Å². The van der Waals surface area contributed by atoms with Crippen LogP contribution in [0, 0.1) is 0 Å². The predicted octanol–water partition coefficient (Wildman–Crippen LogP) is 2.64. The summed E-state index contributed by atoms with van der Waals surface area (Å²) in [6, 6.07) is 7.45. The van der Waals surface area contributed by atoms with E-state index in [4.69, 9.17) is 8.94 Å². The number of nitrogens with zero attached hydrogens (tertiary/aromatic N) is 2. The first kappa shape index (κ1) is 13.6. The minimum atomic E-state index is -0.0812. The molecule has 0 fully saturated rings. The van der Waals surface area contributed by atoms with Gasteiger partial charge < -0.3 is 14.3 Å². The highest BCUT2D eigenvalue weighted by Gasteiger charge is 2.11. The fourth-order valence-electron chi connectivity index (χ4n) is 1.77. The van der Waals surface area contributed by atoms with E-state index in [0.717, 1.165) is 10.6 Å². The summed E-state index contributed by atoms with van der Waals surface area (Å²) in [5, 5.41) is 8.62. The van der Waals surface area contributed by atoms with Crippen molar-refractivity contribution in [2.45, 2.75) is 19.4 Å². The van der Waals surface area contributed by atoms with E-state index in [9.17, 15) is 4.79 Å². The van der Waals surface area contributed by atoms with Crippen LogP contribution in [0.3, 0.4) is 0 Å². The van der Waals surface area contributed by atoms with Crippen LogP contribution in [-0.4, -0.2) is 16.0 Å². The molecule has 0 aliphatic carbocycles. The molecule has 0 saturated carbocycles. The van der Waals surface area contributed by atoms with Gasteiger partial charge in [0.1, 0.15) is 5.76 Å². The Morgan fingerprint density at radius 1 is 1.33 bits per heavy atom. The van der Waals surface area contributed by atoms with Crippen molar-refractivity contribution < 1.29 is 13.7 Å². The number of aromatic nitrogens is 2. The van der Waals surface area contributed by atoms with Gasteiger partial charge >= 0.3 is 0 Å². The number of rotatable bonds is 6. The van der Waals surface area contributed by atoms with Crippen molar-refractivity contribution in [3.05, 3.63) is 47.6 Å². The highest BCUT2D eigenvalue weighted by atomic mass is 32.1. The number of furan rings is 1. The molecule has 6 nitrogen and oxygen atoms in total. The van der Waals surface area contributed by atoms with E-state index < -0.39 is 0 Å². The molecule has 0 aliphatic rings. The molecule has 0 radical (unpaired) electrons. The maximum atomic E-state index is 11.7. The standard InChI is InChI=1S/C14H13N3O3S/c18-12(15-9-10-3-1-7-19-10)5-6-13-16-14(17-20-13)11-4-2-8-21-11/h1-4,7-8H,5-6,9H2,(H,15,18). The van der Waals surface area contributed by atoms with E-state index in [1.54, 1.807) is 23.7 Å². The summed E-state index contributed by atoms with van der Waals surface area (Å²) in [5.41, 5.74) is 0. The summed E-state index contributed by atoms with van der Waals surface area (Å²) in [4.78, 5) is 16.9. The normalized spacial score (nSPS) is 10.7. The number of hydrogen-bond donors (Lipinski definition) is 1. The molecule has 0 unspecified atom stereocenters. The van der Waals surface area contributed by atoms with Crippen molar-refractivity contribution in [1.29, 1.82) is 0 Å². The molecule has 0 aliphatic heterocycles. The third kappa shape index (κ3) is 3.57. The Morgan fingerprint density at radius 2 is 2.29 bits per heavy atom. The average molecular weight is 303 g/mol. The lowest BCUT2D eigenvalue weighted by Gasteiger charge is -2.01. The number of carbonyl (C=O) groups is 1. The lowest BCUT2D eigenvalue weighted by molar-refractivity contribution is -0.121. The zero-order valence-corrected chi connectivity index (χ0v) is 11.9. The highest BCUT2D eigenvalue weighted by Crippen LogP contribution is 2.21. The summed E-state index contributed by atoms with van der Waals surface area (Å²) < 4.78 is 10.3. The SMILES string of the molecule is O=C(CCc1nc(-c2cccs2)no1)NCc1ccco1. The first-order valence-electron chi connectivity index (χ1n) is 6.47. The molecule has 108 valence electrons. The largest absolute Gasteiger partial charge is 0.467 e. The Bertz CT molecular complexity index is 689. The molecule has 0 atom stereocenters. The second-order valence-electron chi connectivity index (χ2n) is 4.35. The Kier molecular flexibility index (Phi) is 4.11. The van der Waals surface area contributed by atoms with E-state index in [1.807, 2.05) is 23.6 Å². The molecule has 3 rings (SSSR count). The van der Waals surface area contributed by atoms with Crippen molar-refractivity contribution in [3.8, 4) is 10.7 Å². The Balaban J connectivity index is 1.47. The second kappa shape index (κ2) is 6.36. The van der Waals surface area contributed by atoms with Crippen LogP contribution in [0.4, 0.5) is 0 Å². The van der Waals surface area contributed by atoms with Crippen LogP contribution in [0.1, 0.15) is 18.1 Å². The molecule has 1 amide bonds. The van der Waals surface area contributed by atoms with Gasteiger partial charge in [0.05, 0.1) is 17.7 Å². The maximum absolute atomic E-state index is 11.7. The zero-order valence-electron chi connectivity index (χ0n) is 11.1. The van der Waals surface area contributed by atoms with Gasteiger partial charge in [0.25, 0.3) is 0 Å². The van der Waals surface area contributed by atoms with Gasteiger partial charge in [-0.3, -0.25) is 4.79 Å². The number of nitrogens with one attached hydrogen (secondary N) is 1. The summed E-state index contributed by atoms with van der Waals surface area (Å²) in [5.74, 6) is 1.67. The van der Waals surface area contributed by atoms with Crippen LogP contribution in [-0.2, 0) is 17.8 Å². The molecule has 3 aromatic heterocycles. The summed E-state index contributed by atoms with van der Waals surface area (Å²) >= 11 is 1.55. The number of amides is 1. The van der Waals surface area contributed by atoms with Crippen LogP contribution >= 0.6 is 11.3 Å². The van der Waals surface area contributed by atoms with Crippen molar-refractivity contribution in [1.82, 2.24) is 15.5 Å². The van der Waals surface area contributed by atoms with Gasteiger partial charge in [0.15, 0.2) is 0 Å². The van der Waals surface area contributed by atoms with Crippen LogP contribution < -0.4 is 5.32 Å². The molecule has 0 saturated heterocycles. The van der Waals surface area contributed by atoms with Gasteiger partial charge in [0, 0.05) is 12.8 Å². The summed E-state index contributed by atoms with van der Waals surface area (Å²) in [6.07, 6.45) is 2.29. The zero-order chi connectivity index (χ0) is 14.5. The van der Waals surface area contributed by atoms with Crippen LogP contribution in [0.25, 0.3) is 10.7 Å². The monoisotopic (exact) mass is 303 g/mol. The molecule has 7 heteroatoms. The average Bonchev–Trinajstić information content (AvgIpc) is 3.24. The van der Waals surface area contributed by atoms with E-state index >= 15 is 0 Å². The third-order valence-electron chi connectivity index (χ3n) is 2.82. The van der Waals surface area contributed by atoms with Gasteiger partial charge in [0.2, 0.25) is 17.6 Å². The maximum Gasteiger partial charge on any atom is 0.227 e. The molecule has 1 N–H and O–H groups in total. The number of thiophene rings is 1. The van der Waals surface area contributed by atoms with Crippen molar-refractivity contribution >= 4 is 17.2 Å². The first-order valence-corrected chi connectivity index (χ1v) is 7.35. The lowest BCUT2D eigenvalue weighted by atomic mass is 10.3. The fourth-order valence-corrected chi connectivity index (χ4v) is 2.42. The number of carbonyl (C=O) groups excluding carboxylic acids is 1. The third-order valence-corrected chi connectivity index (χ3v) is 3.68. The summed E-state index contributed by atoms with van der Waals surface area (Å²) in [7, 11) is 0. The first-order chi connectivity index (χ1) is 10.3. The van der Waals surface area contributed by atoms with Crippen LogP contribution in [0.5, 0.6) is 0 Å². The van der Waals surface area contributed by atoms with Crippen molar-refractivity contribution in [3.63, 3.8) is 0 Å². The smallest absolute Gasteiger partial charge is 0.227 e. The van der Waals surface area contributed by atoms with Gasteiger partial charge in [-0.25, -0.2) is 0 Å². The Hall–Kier alpha value is -2.41. The highest BCUT2D eigenvalue weighted by molar-refractivity contribution is 7.13. The molecule has 3 heterocycles. The van der Waals surface area contributed by atoms with E-state index in [-0.39, 0.29) is 5.91 Å². The van der Waals surface area contributed by atoms with Gasteiger partial charge in [-0.2, -0.15) is 4.98 Å². The van der Waals surface area contributed by atoms with E-state index in [0.29, 0.717) is 31.1 Å². The minimum Gasteiger partial charge on any atom is -0.467 e. The molecular formula is C14H13N3O3S. The number of hydrogen-bond acceptors (Lipinski definition) is 6. The Morgan fingerprint density at radius 3 is 3.05 bits per heavy atom. The van der Waals surface area contributed by atoms with Crippen LogP contribution in [0.2, 0.25) is 0 Å². The molecule has 0 spiro atoms. The molecule has 3 aromatic rings. The van der Waals surface area contributed by atoms with Gasteiger partial charge in [-0.15, -0.1) is 11.3 Å². The molecule has 0 bridgehead atoms. The Labute approximate surface area is 124 Å². The summed E-state index contributed by atoms with van der Waals surface area (Å²) in [6.45, 7) is 0.385. The van der Waals surface area contributed by atoms with Crippen molar-refractivity contribution in [2.75, 3.05) is 0 Å². The molecule has 21 heavy (non-hydrogen) atoms.